The Labute approximate surface area is 127 Å². The Bertz CT molecular complexity index is 417. The molecule has 19 heavy (non-hydrogen) atoms. The fourth-order valence-electron chi connectivity index (χ4n) is 2.11. The number of carbonyl (C=O) groups is 1. The summed E-state index contributed by atoms with van der Waals surface area (Å²) in [5.74, 6) is -0.221. The smallest absolute Gasteiger partial charge is 0.254 e. The second-order valence-electron chi connectivity index (χ2n) is 4.32. The number of nitrogens with zero attached hydrogens (tertiary/aromatic N) is 1. The molecule has 0 fully saturated rings. The maximum atomic E-state index is 13.4. The second-order valence-corrected chi connectivity index (χ2v) is 5.61. The van der Waals surface area contributed by atoms with Crippen LogP contribution < -0.4 is 0 Å². The molecule has 1 aromatic rings. The molecule has 1 amide bonds. The van der Waals surface area contributed by atoms with E-state index >= 15 is 0 Å². The van der Waals surface area contributed by atoms with Gasteiger partial charge in [-0.1, -0.05) is 29.8 Å². The summed E-state index contributed by atoms with van der Waals surface area (Å²) < 4.78 is 13.9. The zero-order valence-corrected chi connectivity index (χ0v) is 13.5. The lowest BCUT2D eigenvalue weighted by Gasteiger charge is -2.30. The first-order valence-electron chi connectivity index (χ1n) is 6.36. The highest BCUT2D eigenvalue weighted by atomic mass is 79.9. The van der Waals surface area contributed by atoms with Crippen molar-refractivity contribution >= 4 is 33.4 Å². The summed E-state index contributed by atoms with van der Waals surface area (Å²) in [5, 5.41) is 0. The van der Waals surface area contributed by atoms with E-state index in [1.165, 1.54) is 12.1 Å². The van der Waals surface area contributed by atoms with Gasteiger partial charge in [0.2, 0.25) is 0 Å². The molecule has 0 aliphatic carbocycles. The number of hydrogen-bond donors (Lipinski definition) is 0. The molecule has 0 atom stereocenters. The second kappa shape index (κ2) is 7.85. The van der Waals surface area contributed by atoms with E-state index < -0.39 is 5.82 Å². The number of rotatable bonds is 6. The van der Waals surface area contributed by atoms with Gasteiger partial charge in [0, 0.05) is 28.5 Å². The Balaban J connectivity index is 3.04. The maximum absolute atomic E-state index is 13.4. The zero-order chi connectivity index (χ0) is 14.4. The molecule has 5 heteroatoms. The third kappa shape index (κ3) is 4.46. The molecule has 0 saturated heterocycles. The Morgan fingerprint density at radius 1 is 1.37 bits per heavy atom. The maximum Gasteiger partial charge on any atom is 0.254 e. The van der Waals surface area contributed by atoms with Gasteiger partial charge in [0.05, 0.1) is 0 Å². The van der Waals surface area contributed by atoms with Crippen molar-refractivity contribution in [2.24, 2.45) is 0 Å². The average Bonchev–Trinajstić information content (AvgIpc) is 2.37. The van der Waals surface area contributed by atoms with E-state index in [4.69, 9.17) is 11.6 Å². The molecule has 0 aliphatic heterocycles. The predicted molar refractivity (Wildman–Crippen MR) is 80.2 cm³/mol. The number of alkyl halides is 1. The van der Waals surface area contributed by atoms with Crippen molar-refractivity contribution in [3.05, 3.63) is 34.1 Å². The summed E-state index contributed by atoms with van der Waals surface area (Å²) in [7, 11) is 0. The fourth-order valence-corrected chi connectivity index (χ4v) is 2.76. The van der Waals surface area contributed by atoms with E-state index in [0.717, 1.165) is 12.8 Å². The van der Waals surface area contributed by atoms with Crippen molar-refractivity contribution in [3.8, 4) is 0 Å². The highest BCUT2D eigenvalue weighted by molar-refractivity contribution is 9.10. The van der Waals surface area contributed by atoms with Gasteiger partial charge in [-0.3, -0.25) is 4.79 Å². The molecule has 1 rings (SSSR count). The van der Waals surface area contributed by atoms with Crippen LogP contribution in [0.5, 0.6) is 0 Å². The summed E-state index contributed by atoms with van der Waals surface area (Å²) in [4.78, 5) is 14.2. The van der Waals surface area contributed by atoms with E-state index in [1.807, 2.05) is 13.8 Å². The molecule has 0 bridgehead atoms. The van der Waals surface area contributed by atoms with Crippen molar-refractivity contribution in [1.82, 2.24) is 4.90 Å². The Morgan fingerprint density at radius 2 is 2.00 bits per heavy atom. The minimum absolute atomic E-state index is 0.133. The van der Waals surface area contributed by atoms with Gasteiger partial charge in [0.25, 0.3) is 5.91 Å². The first-order valence-corrected chi connectivity index (χ1v) is 7.69. The third-order valence-corrected chi connectivity index (χ3v) is 3.71. The molecule has 1 aromatic carbocycles. The molecule has 106 valence electrons. The van der Waals surface area contributed by atoms with Gasteiger partial charge in [0.1, 0.15) is 5.82 Å². The highest BCUT2D eigenvalue weighted by Gasteiger charge is 2.22. The van der Waals surface area contributed by atoms with Crippen molar-refractivity contribution in [2.45, 2.75) is 32.7 Å². The van der Waals surface area contributed by atoms with E-state index in [0.29, 0.717) is 22.5 Å². The van der Waals surface area contributed by atoms with Crippen LogP contribution in [-0.4, -0.2) is 29.3 Å². The lowest BCUT2D eigenvalue weighted by atomic mass is 10.1. The van der Waals surface area contributed by atoms with Gasteiger partial charge in [-0.05, 0) is 31.0 Å². The largest absolute Gasteiger partial charge is 0.334 e. The van der Waals surface area contributed by atoms with E-state index in [9.17, 15) is 9.18 Å². The molecule has 0 N–H and O–H groups in total. The lowest BCUT2D eigenvalue weighted by Crippen LogP contribution is -2.41. The van der Waals surface area contributed by atoms with Gasteiger partial charge < -0.3 is 4.90 Å². The summed E-state index contributed by atoms with van der Waals surface area (Å²) in [6, 6.07) is 4.36. The number of carbonyl (C=O) groups excluding carboxylic acids is 1. The number of halogens is 3. The molecule has 2 nitrogen and oxygen atoms in total. The van der Waals surface area contributed by atoms with Crippen LogP contribution in [0.4, 0.5) is 4.39 Å². The quantitative estimate of drug-likeness (QED) is 0.694. The monoisotopic (exact) mass is 349 g/mol. The molecule has 0 radical (unpaired) electrons. The predicted octanol–water partition coefficient (Wildman–Crippen LogP) is 4.46. The molecular formula is C14H18BrClFNO. The van der Waals surface area contributed by atoms with Gasteiger partial charge in [-0.2, -0.15) is 0 Å². The average molecular weight is 351 g/mol. The van der Waals surface area contributed by atoms with E-state index in [-0.39, 0.29) is 11.9 Å². The normalized spacial score (nSPS) is 10.8. The lowest BCUT2D eigenvalue weighted by molar-refractivity contribution is 0.0681. The van der Waals surface area contributed by atoms with Crippen LogP contribution in [0, 0.1) is 5.82 Å². The highest BCUT2D eigenvalue weighted by Crippen LogP contribution is 2.19. The van der Waals surface area contributed by atoms with Crippen LogP contribution in [0.3, 0.4) is 0 Å². The summed E-state index contributed by atoms with van der Waals surface area (Å²) in [6.07, 6.45) is 1.71. The Hall–Kier alpha value is -0.610. The van der Waals surface area contributed by atoms with Gasteiger partial charge in [-0.25, -0.2) is 4.39 Å². The summed E-state index contributed by atoms with van der Waals surface area (Å²) >= 11 is 8.97. The molecule has 0 spiro atoms. The van der Waals surface area contributed by atoms with Crippen molar-refractivity contribution < 1.29 is 9.18 Å². The van der Waals surface area contributed by atoms with Gasteiger partial charge in [0.15, 0.2) is 0 Å². The third-order valence-electron chi connectivity index (χ3n) is 3.08. The summed E-state index contributed by atoms with van der Waals surface area (Å²) in [6.45, 7) is 4.54. The van der Waals surface area contributed by atoms with Crippen LogP contribution in [0.1, 0.15) is 37.0 Å². The molecule has 0 aromatic heterocycles. The molecule has 0 heterocycles. The van der Waals surface area contributed by atoms with Crippen LogP contribution in [0.25, 0.3) is 0 Å². The number of amides is 1. The minimum Gasteiger partial charge on any atom is -0.334 e. The van der Waals surface area contributed by atoms with Crippen LogP contribution in [0.15, 0.2) is 22.7 Å². The molecule has 0 unspecified atom stereocenters. The molecule has 0 aliphatic rings. The van der Waals surface area contributed by atoms with Crippen LogP contribution in [0.2, 0.25) is 0 Å². The first kappa shape index (κ1) is 16.4. The van der Waals surface area contributed by atoms with Crippen LogP contribution in [-0.2, 0) is 0 Å². The number of benzene rings is 1. The van der Waals surface area contributed by atoms with Gasteiger partial charge >= 0.3 is 0 Å². The topological polar surface area (TPSA) is 20.3 Å². The standard InChI is InChI=1S/C14H18BrClFNO/c1-3-13(4-2)18(6-5-16)14(19)10-7-11(15)9-12(17)8-10/h7-9,13H,3-6H2,1-2H3. The first-order chi connectivity index (χ1) is 9.03. The fraction of sp³-hybridized carbons (Fsp3) is 0.500. The zero-order valence-electron chi connectivity index (χ0n) is 11.1. The van der Waals surface area contributed by atoms with Gasteiger partial charge in [-0.15, -0.1) is 11.6 Å². The molecule has 0 saturated carbocycles. The molecular weight excluding hydrogens is 333 g/mol. The number of hydrogen-bond acceptors (Lipinski definition) is 1. The van der Waals surface area contributed by atoms with E-state index in [2.05, 4.69) is 15.9 Å². The minimum atomic E-state index is -0.423. The Morgan fingerprint density at radius 3 is 2.47 bits per heavy atom. The Kier molecular flexibility index (Phi) is 6.80. The van der Waals surface area contributed by atoms with Crippen LogP contribution >= 0.6 is 27.5 Å². The van der Waals surface area contributed by atoms with Crippen molar-refractivity contribution in [1.29, 1.82) is 0 Å². The van der Waals surface area contributed by atoms with Crippen molar-refractivity contribution in [2.75, 3.05) is 12.4 Å². The van der Waals surface area contributed by atoms with Crippen molar-refractivity contribution in [3.63, 3.8) is 0 Å². The van der Waals surface area contributed by atoms with E-state index in [1.54, 1.807) is 11.0 Å². The SMILES string of the molecule is CCC(CC)N(CCCl)C(=O)c1cc(F)cc(Br)c1. The summed E-state index contributed by atoms with van der Waals surface area (Å²) in [5.41, 5.74) is 0.351.